The maximum Gasteiger partial charge on any atom is 0.260 e. The molecule has 0 saturated carbocycles. The predicted octanol–water partition coefficient (Wildman–Crippen LogP) is 2.67. The van der Waals surface area contributed by atoms with Crippen molar-refractivity contribution in [2.75, 3.05) is 5.32 Å². The molecule has 3 N–H and O–H groups in total. The molecule has 8 heteroatoms. The molecular formula is C11H7Br2N3O3. The van der Waals surface area contributed by atoms with E-state index in [0.717, 1.165) is 6.07 Å². The van der Waals surface area contributed by atoms with Crippen LogP contribution in [0.4, 0.5) is 5.82 Å². The Bertz CT molecular complexity index is 649. The number of rotatable bonds is 2. The summed E-state index contributed by atoms with van der Waals surface area (Å²) in [6.45, 7) is 0. The number of anilines is 1. The minimum atomic E-state index is -0.606. The molecule has 19 heavy (non-hydrogen) atoms. The van der Waals surface area contributed by atoms with Gasteiger partial charge in [-0.25, -0.2) is 9.97 Å². The number of halogens is 2. The van der Waals surface area contributed by atoms with E-state index >= 15 is 0 Å². The molecule has 0 atom stereocenters. The largest absolute Gasteiger partial charge is 0.508 e. The summed E-state index contributed by atoms with van der Waals surface area (Å²) < 4.78 is 0.854. The average molecular weight is 389 g/mol. The summed E-state index contributed by atoms with van der Waals surface area (Å²) in [6, 6.07) is 3.67. The molecule has 0 aliphatic carbocycles. The monoisotopic (exact) mass is 387 g/mol. The zero-order valence-electron chi connectivity index (χ0n) is 9.26. The van der Waals surface area contributed by atoms with E-state index in [1.807, 2.05) is 0 Å². The number of hydrogen-bond acceptors (Lipinski definition) is 5. The van der Waals surface area contributed by atoms with Crippen LogP contribution in [-0.4, -0.2) is 26.1 Å². The van der Waals surface area contributed by atoms with Crippen LogP contribution in [0.25, 0.3) is 0 Å². The van der Waals surface area contributed by atoms with E-state index in [-0.39, 0.29) is 22.9 Å². The fourth-order valence-corrected chi connectivity index (χ4v) is 2.22. The smallest absolute Gasteiger partial charge is 0.260 e. The first-order valence-corrected chi connectivity index (χ1v) is 6.57. The maximum atomic E-state index is 11.9. The SMILES string of the molecule is O=C(Nc1ncc(Br)nc1Br)c1cc(O)ccc1O. The Labute approximate surface area is 124 Å². The lowest BCUT2D eigenvalue weighted by atomic mass is 10.2. The van der Waals surface area contributed by atoms with Crippen LogP contribution in [0.15, 0.2) is 33.6 Å². The van der Waals surface area contributed by atoms with E-state index in [4.69, 9.17) is 0 Å². The average Bonchev–Trinajstić information content (AvgIpc) is 2.35. The summed E-state index contributed by atoms with van der Waals surface area (Å²) in [7, 11) is 0. The van der Waals surface area contributed by atoms with Crippen molar-refractivity contribution in [3.63, 3.8) is 0 Å². The van der Waals surface area contributed by atoms with Crippen molar-refractivity contribution >= 4 is 43.6 Å². The molecular weight excluding hydrogens is 382 g/mol. The Balaban J connectivity index is 2.28. The van der Waals surface area contributed by atoms with E-state index in [2.05, 4.69) is 47.1 Å². The van der Waals surface area contributed by atoms with Crippen molar-refractivity contribution in [3.05, 3.63) is 39.2 Å². The van der Waals surface area contributed by atoms with Crippen LogP contribution in [-0.2, 0) is 0 Å². The van der Waals surface area contributed by atoms with Crippen molar-refractivity contribution < 1.29 is 15.0 Å². The predicted molar refractivity (Wildman–Crippen MR) is 75.2 cm³/mol. The van der Waals surface area contributed by atoms with Crippen LogP contribution in [0.5, 0.6) is 11.5 Å². The normalized spacial score (nSPS) is 10.2. The van der Waals surface area contributed by atoms with Crippen molar-refractivity contribution in [2.24, 2.45) is 0 Å². The molecule has 0 aliphatic rings. The Kier molecular flexibility index (Phi) is 4.01. The molecule has 0 bridgehead atoms. The van der Waals surface area contributed by atoms with Crippen LogP contribution in [0, 0.1) is 0 Å². The molecule has 0 aliphatic heterocycles. The van der Waals surface area contributed by atoms with E-state index in [1.54, 1.807) is 0 Å². The molecule has 6 nitrogen and oxygen atoms in total. The Morgan fingerprint density at radius 3 is 2.68 bits per heavy atom. The van der Waals surface area contributed by atoms with Crippen LogP contribution in [0.1, 0.15) is 10.4 Å². The second kappa shape index (κ2) is 5.54. The molecule has 2 aromatic rings. The van der Waals surface area contributed by atoms with Gasteiger partial charge in [0.15, 0.2) is 5.82 Å². The molecule has 0 fully saturated rings. The number of amides is 1. The third-order valence-corrected chi connectivity index (χ3v) is 3.09. The van der Waals surface area contributed by atoms with Crippen LogP contribution in [0.2, 0.25) is 0 Å². The highest BCUT2D eigenvalue weighted by atomic mass is 79.9. The van der Waals surface area contributed by atoms with Gasteiger partial charge in [-0.2, -0.15) is 0 Å². The molecule has 0 saturated heterocycles. The summed E-state index contributed by atoms with van der Waals surface area (Å²) in [5.41, 5.74) is -0.0587. The number of hydrogen-bond donors (Lipinski definition) is 3. The molecule has 98 valence electrons. The number of phenols is 2. The maximum absolute atomic E-state index is 11.9. The summed E-state index contributed by atoms with van der Waals surface area (Å²) >= 11 is 6.29. The van der Waals surface area contributed by atoms with Crippen molar-refractivity contribution in [1.29, 1.82) is 0 Å². The number of carbonyl (C=O) groups excluding carboxylic acids is 1. The highest BCUT2D eigenvalue weighted by Crippen LogP contribution is 2.24. The molecule has 1 aromatic carbocycles. The number of nitrogens with zero attached hydrogens (tertiary/aromatic N) is 2. The highest BCUT2D eigenvalue weighted by Gasteiger charge is 2.14. The van der Waals surface area contributed by atoms with Crippen molar-refractivity contribution in [2.45, 2.75) is 0 Å². The number of phenolic OH excluding ortho intramolecular Hbond substituents is 2. The van der Waals surface area contributed by atoms with E-state index in [9.17, 15) is 15.0 Å². The van der Waals surface area contributed by atoms with Gasteiger partial charge in [0.2, 0.25) is 0 Å². The number of carbonyl (C=O) groups is 1. The lowest BCUT2D eigenvalue weighted by Crippen LogP contribution is -2.14. The number of aromatic hydroxyl groups is 2. The number of nitrogens with one attached hydrogen (secondary N) is 1. The Morgan fingerprint density at radius 1 is 1.26 bits per heavy atom. The van der Waals surface area contributed by atoms with Gasteiger partial charge < -0.3 is 15.5 Å². The molecule has 1 aromatic heterocycles. The van der Waals surface area contributed by atoms with Gasteiger partial charge in [-0.3, -0.25) is 4.79 Å². The third kappa shape index (κ3) is 3.21. The lowest BCUT2D eigenvalue weighted by molar-refractivity contribution is 0.102. The van der Waals surface area contributed by atoms with Gasteiger partial charge in [-0.05, 0) is 50.1 Å². The fourth-order valence-electron chi connectivity index (χ4n) is 1.31. The zero-order valence-corrected chi connectivity index (χ0v) is 12.4. The minimum Gasteiger partial charge on any atom is -0.508 e. The van der Waals surface area contributed by atoms with Gasteiger partial charge in [0.1, 0.15) is 20.7 Å². The molecule has 0 radical (unpaired) electrons. The molecule has 0 spiro atoms. The van der Waals surface area contributed by atoms with Crippen LogP contribution < -0.4 is 5.32 Å². The van der Waals surface area contributed by atoms with Gasteiger partial charge in [-0.1, -0.05) is 0 Å². The summed E-state index contributed by atoms with van der Waals surface area (Å²) in [5, 5.41) is 21.3. The Hall–Kier alpha value is -1.67. The quantitative estimate of drug-likeness (QED) is 0.687. The molecule has 0 unspecified atom stereocenters. The second-order valence-electron chi connectivity index (χ2n) is 3.49. The fraction of sp³-hybridized carbons (Fsp3) is 0. The van der Waals surface area contributed by atoms with Gasteiger partial charge in [0.05, 0.1) is 11.8 Å². The van der Waals surface area contributed by atoms with Crippen molar-refractivity contribution in [1.82, 2.24) is 9.97 Å². The van der Waals surface area contributed by atoms with E-state index < -0.39 is 5.91 Å². The molecule has 2 rings (SSSR count). The van der Waals surface area contributed by atoms with Crippen LogP contribution >= 0.6 is 31.9 Å². The van der Waals surface area contributed by atoms with Crippen molar-refractivity contribution in [3.8, 4) is 11.5 Å². The summed E-state index contributed by atoms with van der Waals surface area (Å²) in [4.78, 5) is 19.9. The Morgan fingerprint density at radius 2 is 2.00 bits per heavy atom. The number of benzene rings is 1. The minimum absolute atomic E-state index is 0.0587. The van der Waals surface area contributed by atoms with E-state index in [0.29, 0.717) is 9.21 Å². The molecule has 1 heterocycles. The van der Waals surface area contributed by atoms with Gasteiger partial charge in [0, 0.05) is 0 Å². The van der Waals surface area contributed by atoms with Gasteiger partial charge in [0.25, 0.3) is 5.91 Å². The summed E-state index contributed by atoms with van der Waals surface area (Å²) in [5.74, 6) is -0.762. The highest BCUT2D eigenvalue weighted by molar-refractivity contribution is 9.11. The first-order chi connectivity index (χ1) is 8.97. The number of aromatic nitrogens is 2. The van der Waals surface area contributed by atoms with Gasteiger partial charge >= 0.3 is 0 Å². The first-order valence-electron chi connectivity index (χ1n) is 4.99. The summed E-state index contributed by atoms with van der Waals surface area (Å²) in [6.07, 6.45) is 1.42. The third-order valence-electron chi connectivity index (χ3n) is 2.16. The van der Waals surface area contributed by atoms with Gasteiger partial charge in [-0.15, -0.1) is 0 Å². The zero-order chi connectivity index (χ0) is 14.0. The first kappa shape index (κ1) is 13.8. The lowest BCUT2D eigenvalue weighted by Gasteiger charge is -2.07. The van der Waals surface area contributed by atoms with E-state index in [1.165, 1.54) is 18.3 Å². The standard InChI is InChI=1S/C11H7Br2N3O3/c12-8-4-14-10(9(13)15-8)16-11(19)6-3-5(17)1-2-7(6)18/h1-4,17-18H,(H,14,16,19). The second-order valence-corrected chi connectivity index (χ2v) is 5.05. The topological polar surface area (TPSA) is 95.3 Å². The molecule has 1 amide bonds. The van der Waals surface area contributed by atoms with Crippen LogP contribution in [0.3, 0.4) is 0 Å².